The lowest BCUT2D eigenvalue weighted by molar-refractivity contribution is 0.607. The third-order valence-electron chi connectivity index (χ3n) is 1.20. The fraction of sp³-hybridized carbons (Fsp3) is 0.444. The Kier molecular flexibility index (Phi) is 5.15. The second-order valence-corrected chi connectivity index (χ2v) is 4.31. The number of sulfonamides is 1. The minimum absolute atomic E-state index is 0.546. The van der Waals surface area contributed by atoms with Gasteiger partial charge in [-0.1, -0.05) is 13.8 Å². The zero-order chi connectivity index (χ0) is 11.2. The number of aromatic nitrogens is 1. The summed E-state index contributed by atoms with van der Waals surface area (Å²) in [5.74, 6) is 0. The summed E-state index contributed by atoms with van der Waals surface area (Å²) >= 11 is 0. The molecule has 1 heterocycles. The molecule has 0 aliphatic carbocycles. The molecule has 0 unspecified atom stereocenters. The van der Waals surface area contributed by atoms with E-state index in [1.165, 1.54) is 0 Å². The Balaban J connectivity index is 0.000000791. The van der Waals surface area contributed by atoms with Gasteiger partial charge in [-0.2, -0.15) is 0 Å². The van der Waals surface area contributed by atoms with Crippen LogP contribution in [0.3, 0.4) is 0 Å². The van der Waals surface area contributed by atoms with Gasteiger partial charge in [0, 0.05) is 11.9 Å². The molecule has 80 valence electrons. The second kappa shape index (κ2) is 5.59. The molecule has 4 nitrogen and oxygen atoms in total. The van der Waals surface area contributed by atoms with Gasteiger partial charge in [0.05, 0.1) is 11.9 Å². The van der Waals surface area contributed by atoms with Crippen LogP contribution in [-0.2, 0) is 10.0 Å². The number of aryl methyl sites for hydroxylation is 1. The fourth-order valence-corrected chi connectivity index (χ4v) is 1.38. The van der Waals surface area contributed by atoms with Gasteiger partial charge in [0.25, 0.3) is 0 Å². The van der Waals surface area contributed by atoms with Crippen molar-refractivity contribution in [3.63, 3.8) is 0 Å². The summed E-state index contributed by atoms with van der Waals surface area (Å²) in [7, 11) is -3.17. The van der Waals surface area contributed by atoms with Crippen molar-refractivity contribution in [3.8, 4) is 0 Å². The minimum atomic E-state index is -3.17. The monoisotopic (exact) mass is 216 g/mol. The number of anilines is 1. The molecule has 1 aromatic rings. The van der Waals surface area contributed by atoms with Crippen molar-refractivity contribution >= 4 is 15.7 Å². The van der Waals surface area contributed by atoms with Gasteiger partial charge in [0.1, 0.15) is 0 Å². The lowest BCUT2D eigenvalue weighted by atomic mass is 10.3. The van der Waals surface area contributed by atoms with Crippen molar-refractivity contribution in [2.45, 2.75) is 20.8 Å². The normalized spacial score (nSPS) is 10.0. The average molecular weight is 216 g/mol. The number of nitrogens with one attached hydrogen (secondary N) is 1. The van der Waals surface area contributed by atoms with Crippen LogP contribution in [0.25, 0.3) is 0 Å². The average Bonchev–Trinajstić information content (AvgIpc) is 2.04. The van der Waals surface area contributed by atoms with Crippen LogP contribution in [0, 0.1) is 6.92 Å². The first kappa shape index (κ1) is 12.9. The predicted octanol–water partition coefficient (Wildman–Crippen LogP) is 1.79. The molecule has 0 aliphatic rings. The molecule has 0 bridgehead atoms. The molecule has 0 spiro atoms. The SMILES string of the molecule is CC.Cc1cc(NS(C)(=O)=O)ccn1. The summed E-state index contributed by atoms with van der Waals surface area (Å²) < 4.78 is 23.9. The van der Waals surface area contributed by atoms with Crippen molar-refractivity contribution < 1.29 is 8.42 Å². The van der Waals surface area contributed by atoms with Crippen LogP contribution in [0.4, 0.5) is 5.69 Å². The van der Waals surface area contributed by atoms with E-state index in [-0.39, 0.29) is 0 Å². The van der Waals surface area contributed by atoms with E-state index in [0.29, 0.717) is 5.69 Å². The molecule has 5 heteroatoms. The van der Waals surface area contributed by atoms with Gasteiger partial charge in [-0.3, -0.25) is 9.71 Å². The Hall–Kier alpha value is -1.10. The van der Waals surface area contributed by atoms with Crippen LogP contribution in [0.15, 0.2) is 18.3 Å². The van der Waals surface area contributed by atoms with Crippen LogP contribution in [-0.4, -0.2) is 19.7 Å². The molecule has 1 N–H and O–H groups in total. The topological polar surface area (TPSA) is 59.1 Å². The maximum atomic E-state index is 10.8. The summed E-state index contributed by atoms with van der Waals surface area (Å²) in [4.78, 5) is 3.94. The molecule has 0 saturated carbocycles. The lowest BCUT2D eigenvalue weighted by Crippen LogP contribution is -2.09. The molecule has 0 aliphatic heterocycles. The van der Waals surface area contributed by atoms with E-state index in [9.17, 15) is 8.42 Å². The second-order valence-electron chi connectivity index (χ2n) is 2.56. The Labute approximate surface area is 85.4 Å². The van der Waals surface area contributed by atoms with Crippen molar-refractivity contribution in [3.05, 3.63) is 24.0 Å². The molecule has 1 rings (SSSR count). The van der Waals surface area contributed by atoms with Crippen molar-refractivity contribution in [1.82, 2.24) is 4.98 Å². The van der Waals surface area contributed by atoms with Crippen LogP contribution >= 0.6 is 0 Å². The Morgan fingerprint density at radius 3 is 2.36 bits per heavy atom. The van der Waals surface area contributed by atoms with E-state index >= 15 is 0 Å². The molecule has 0 radical (unpaired) electrons. The zero-order valence-corrected chi connectivity index (χ0v) is 9.72. The van der Waals surface area contributed by atoms with Crippen LogP contribution in [0.1, 0.15) is 19.5 Å². The van der Waals surface area contributed by atoms with Crippen LogP contribution < -0.4 is 4.72 Å². The summed E-state index contributed by atoms with van der Waals surface area (Å²) in [6.45, 7) is 5.80. The first-order chi connectivity index (χ1) is 6.47. The molecular weight excluding hydrogens is 200 g/mol. The molecule has 14 heavy (non-hydrogen) atoms. The molecule has 0 saturated heterocycles. The third kappa shape index (κ3) is 5.53. The summed E-state index contributed by atoms with van der Waals surface area (Å²) in [6, 6.07) is 3.27. The van der Waals surface area contributed by atoms with E-state index in [1.54, 1.807) is 25.3 Å². The highest BCUT2D eigenvalue weighted by Gasteiger charge is 2.00. The maximum absolute atomic E-state index is 10.8. The number of pyridine rings is 1. The quantitative estimate of drug-likeness (QED) is 0.820. The first-order valence-electron chi connectivity index (χ1n) is 4.38. The van der Waals surface area contributed by atoms with Gasteiger partial charge in [0.2, 0.25) is 10.0 Å². The summed E-state index contributed by atoms with van der Waals surface area (Å²) in [5.41, 5.74) is 1.33. The molecule has 1 aromatic heterocycles. The van der Waals surface area contributed by atoms with Crippen molar-refractivity contribution in [2.75, 3.05) is 11.0 Å². The minimum Gasteiger partial charge on any atom is -0.284 e. The van der Waals surface area contributed by atoms with Crippen LogP contribution in [0.5, 0.6) is 0 Å². The first-order valence-corrected chi connectivity index (χ1v) is 6.27. The van der Waals surface area contributed by atoms with Gasteiger partial charge in [-0.25, -0.2) is 8.42 Å². The zero-order valence-electron chi connectivity index (χ0n) is 8.90. The molecule has 0 aromatic carbocycles. The van der Waals surface area contributed by atoms with E-state index in [4.69, 9.17) is 0 Å². The smallest absolute Gasteiger partial charge is 0.229 e. The fourth-order valence-electron chi connectivity index (χ4n) is 0.823. The highest BCUT2D eigenvalue weighted by atomic mass is 32.2. The molecular formula is C9H16N2O2S. The predicted molar refractivity (Wildman–Crippen MR) is 58.8 cm³/mol. The van der Waals surface area contributed by atoms with Gasteiger partial charge in [0.15, 0.2) is 0 Å². The van der Waals surface area contributed by atoms with E-state index < -0.39 is 10.0 Å². The van der Waals surface area contributed by atoms with Crippen molar-refractivity contribution in [2.24, 2.45) is 0 Å². The summed E-state index contributed by atoms with van der Waals surface area (Å²) in [6.07, 6.45) is 2.67. The Bertz CT molecular complexity index is 374. The maximum Gasteiger partial charge on any atom is 0.229 e. The largest absolute Gasteiger partial charge is 0.284 e. The summed E-state index contributed by atoms with van der Waals surface area (Å²) in [5, 5.41) is 0. The van der Waals surface area contributed by atoms with Crippen molar-refractivity contribution in [1.29, 1.82) is 0 Å². The van der Waals surface area contributed by atoms with Gasteiger partial charge < -0.3 is 0 Å². The van der Waals surface area contributed by atoms with E-state index in [2.05, 4.69) is 9.71 Å². The Morgan fingerprint density at radius 2 is 1.93 bits per heavy atom. The lowest BCUT2D eigenvalue weighted by Gasteiger charge is -2.02. The number of rotatable bonds is 2. The number of hydrogen-bond acceptors (Lipinski definition) is 3. The van der Waals surface area contributed by atoms with E-state index in [1.807, 2.05) is 13.8 Å². The molecule has 0 fully saturated rings. The van der Waals surface area contributed by atoms with Gasteiger partial charge in [-0.05, 0) is 19.1 Å². The van der Waals surface area contributed by atoms with E-state index in [0.717, 1.165) is 11.9 Å². The molecule has 0 amide bonds. The van der Waals surface area contributed by atoms with Gasteiger partial charge in [-0.15, -0.1) is 0 Å². The van der Waals surface area contributed by atoms with Crippen LogP contribution in [0.2, 0.25) is 0 Å². The Morgan fingerprint density at radius 1 is 1.36 bits per heavy atom. The number of hydrogen-bond donors (Lipinski definition) is 1. The standard InChI is InChI=1S/C7H10N2O2S.C2H6/c1-6-5-7(3-4-8-6)9-12(2,10)11;1-2/h3-5H,1-2H3,(H,8,9);1-2H3. The highest BCUT2D eigenvalue weighted by molar-refractivity contribution is 7.92. The van der Waals surface area contributed by atoms with Gasteiger partial charge >= 0.3 is 0 Å². The molecule has 0 atom stereocenters. The third-order valence-corrected chi connectivity index (χ3v) is 1.81. The highest BCUT2D eigenvalue weighted by Crippen LogP contribution is 2.07. The number of nitrogens with zero attached hydrogens (tertiary/aromatic N) is 1.